The van der Waals surface area contributed by atoms with Crippen molar-refractivity contribution in [3.8, 4) is 0 Å². The normalized spacial score (nSPS) is 14.9. The van der Waals surface area contributed by atoms with Gasteiger partial charge in [0.1, 0.15) is 5.69 Å². The maximum absolute atomic E-state index is 13.1. The number of alkyl halides is 6. The second kappa shape index (κ2) is 5.59. The van der Waals surface area contributed by atoms with Gasteiger partial charge >= 0.3 is 12.4 Å². The third-order valence-electron chi connectivity index (χ3n) is 3.47. The second-order valence-electron chi connectivity index (χ2n) is 6.02. The number of para-hydroxylation sites is 1. The molecule has 0 bridgehead atoms. The molecule has 132 valence electrons. The molecule has 2 rings (SSSR count). The van der Waals surface area contributed by atoms with Crippen molar-refractivity contribution < 1.29 is 31.4 Å². The monoisotopic (exact) mass is 352 g/mol. The summed E-state index contributed by atoms with van der Waals surface area (Å²) in [4.78, 5) is 3.14. The standard InChI is InChI=1S/C15H14F6N2O/c1-13(2,22)12(24)8-6-10(15(19,20)21)23-11-7(8)4-3-5-9(11)14(16,17)18/h3-6,12,24H,22H2,1-2H3. The fourth-order valence-electron chi connectivity index (χ4n) is 2.28. The molecule has 0 aliphatic carbocycles. The lowest BCUT2D eigenvalue weighted by Gasteiger charge is -2.28. The van der Waals surface area contributed by atoms with Crippen molar-refractivity contribution >= 4 is 10.9 Å². The molecular weight excluding hydrogens is 338 g/mol. The minimum Gasteiger partial charge on any atom is -0.386 e. The molecule has 1 unspecified atom stereocenters. The lowest BCUT2D eigenvalue weighted by Crippen LogP contribution is -2.39. The molecule has 2 aromatic rings. The van der Waals surface area contributed by atoms with E-state index in [9.17, 15) is 31.4 Å². The van der Waals surface area contributed by atoms with Gasteiger partial charge in [0.25, 0.3) is 0 Å². The first-order chi connectivity index (χ1) is 10.7. The number of fused-ring (bicyclic) bond motifs is 1. The smallest absolute Gasteiger partial charge is 0.386 e. The number of hydrogen-bond acceptors (Lipinski definition) is 3. The Kier molecular flexibility index (Phi) is 4.30. The quantitative estimate of drug-likeness (QED) is 0.802. The number of nitrogens with zero attached hydrogens (tertiary/aromatic N) is 1. The molecule has 0 spiro atoms. The largest absolute Gasteiger partial charge is 0.433 e. The van der Waals surface area contributed by atoms with Gasteiger partial charge in [0.2, 0.25) is 0 Å². The van der Waals surface area contributed by atoms with Crippen LogP contribution in [0.3, 0.4) is 0 Å². The van der Waals surface area contributed by atoms with Gasteiger partial charge in [-0.15, -0.1) is 0 Å². The third kappa shape index (κ3) is 3.46. The van der Waals surface area contributed by atoms with E-state index in [2.05, 4.69) is 4.98 Å². The van der Waals surface area contributed by atoms with Crippen LogP contribution in [0.4, 0.5) is 26.3 Å². The molecule has 3 N–H and O–H groups in total. The van der Waals surface area contributed by atoms with Crippen LogP contribution in [-0.4, -0.2) is 15.6 Å². The summed E-state index contributed by atoms with van der Waals surface area (Å²) in [6.07, 6.45) is -11.5. The number of aliphatic hydroxyl groups is 1. The zero-order valence-electron chi connectivity index (χ0n) is 12.6. The van der Waals surface area contributed by atoms with E-state index in [-0.39, 0.29) is 10.9 Å². The Hall–Kier alpha value is -1.87. The highest BCUT2D eigenvalue weighted by Crippen LogP contribution is 2.40. The molecule has 0 saturated heterocycles. The van der Waals surface area contributed by atoms with E-state index in [1.807, 2.05) is 0 Å². The van der Waals surface area contributed by atoms with Crippen LogP contribution < -0.4 is 5.73 Å². The predicted molar refractivity (Wildman–Crippen MR) is 75.0 cm³/mol. The third-order valence-corrected chi connectivity index (χ3v) is 3.47. The van der Waals surface area contributed by atoms with Gasteiger partial charge in [-0.1, -0.05) is 12.1 Å². The molecule has 0 amide bonds. The first-order valence-corrected chi connectivity index (χ1v) is 6.78. The highest BCUT2D eigenvalue weighted by atomic mass is 19.4. The number of benzene rings is 1. The summed E-state index contributed by atoms with van der Waals surface area (Å²) < 4.78 is 78.4. The van der Waals surface area contributed by atoms with Crippen LogP contribution >= 0.6 is 0 Å². The molecule has 1 heterocycles. The summed E-state index contributed by atoms with van der Waals surface area (Å²) in [5, 5.41) is 10.0. The molecular formula is C15H14F6N2O. The highest BCUT2D eigenvalue weighted by Gasteiger charge is 2.39. The first kappa shape index (κ1) is 18.5. The number of aromatic nitrogens is 1. The number of hydrogen-bond donors (Lipinski definition) is 2. The van der Waals surface area contributed by atoms with Crippen LogP contribution in [0.15, 0.2) is 24.3 Å². The first-order valence-electron chi connectivity index (χ1n) is 6.78. The Morgan fingerprint density at radius 1 is 1.04 bits per heavy atom. The minimum atomic E-state index is -4.97. The zero-order chi connectivity index (χ0) is 18.5. The minimum absolute atomic E-state index is 0.233. The molecule has 0 fully saturated rings. The molecule has 0 aliphatic rings. The van der Waals surface area contributed by atoms with Crippen LogP contribution in [0.1, 0.15) is 36.8 Å². The van der Waals surface area contributed by atoms with Crippen molar-refractivity contribution in [3.63, 3.8) is 0 Å². The van der Waals surface area contributed by atoms with E-state index in [4.69, 9.17) is 5.73 Å². The molecule has 1 aromatic heterocycles. The fraction of sp³-hybridized carbons (Fsp3) is 0.400. The number of aliphatic hydroxyl groups excluding tert-OH is 1. The van der Waals surface area contributed by atoms with E-state index in [1.54, 1.807) is 0 Å². The van der Waals surface area contributed by atoms with E-state index in [1.165, 1.54) is 19.9 Å². The Balaban J connectivity index is 2.91. The summed E-state index contributed by atoms with van der Waals surface area (Å²) >= 11 is 0. The van der Waals surface area contributed by atoms with Crippen molar-refractivity contribution in [2.45, 2.75) is 37.8 Å². The van der Waals surface area contributed by atoms with Gasteiger partial charge in [-0.2, -0.15) is 26.3 Å². The molecule has 1 aromatic carbocycles. The lowest BCUT2D eigenvalue weighted by molar-refractivity contribution is -0.142. The van der Waals surface area contributed by atoms with Crippen molar-refractivity contribution in [1.29, 1.82) is 0 Å². The van der Waals surface area contributed by atoms with Crippen LogP contribution in [0.2, 0.25) is 0 Å². The topological polar surface area (TPSA) is 59.1 Å². The van der Waals surface area contributed by atoms with Crippen LogP contribution in [0.25, 0.3) is 10.9 Å². The SMILES string of the molecule is CC(C)(N)C(O)c1cc(C(F)(F)F)nc2c(C(F)(F)F)cccc12. The van der Waals surface area contributed by atoms with Gasteiger partial charge in [0, 0.05) is 10.9 Å². The molecule has 9 heteroatoms. The number of pyridine rings is 1. The molecule has 1 atom stereocenters. The van der Waals surface area contributed by atoms with Crippen molar-refractivity contribution in [3.05, 3.63) is 41.1 Å². The van der Waals surface area contributed by atoms with Gasteiger partial charge in [-0.25, -0.2) is 4.98 Å². The Labute approximate surface area is 133 Å². The van der Waals surface area contributed by atoms with Crippen molar-refractivity contribution in [1.82, 2.24) is 4.98 Å². The number of rotatable bonds is 2. The molecule has 24 heavy (non-hydrogen) atoms. The van der Waals surface area contributed by atoms with Crippen LogP contribution in [-0.2, 0) is 12.4 Å². The highest BCUT2D eigenvalue weighted by molar-refractivity contribution is 5.86. The summed E-state index contributed by atoms with van der Waals surface area (Å²) in [6.45, 7) is 2.70. The molecule has 0 aliphatic heterocycles. The Bertz CT molecular complexity index is 761. The van der Waals surface area contributed by atoms with Crippen molar-refractivity contribution in [2.75, 3.05) is 0 Å². The van der Waals surface area contributed by atoms with Gasteiger partial charge in [0.05, 0.1) is 17.2 Å². The van der Waals surface area contributed by atoms with Gasteiger partial charge in [0.15, 0.2) is 0 Å². The summed E-state index contributed by atoms with van der Waals surface area (Å²) in [5.41, 5.74) is 0.275. The molecule has 3 nitrogen and oxygen atoms in total. The molecule has 0 radical (unpaired) electrons. The van der Waals surface area contributed by atoms with E-state index in [0.29, 0.717) is 12.1 Å². The number of nitrogens with two attached hydrogens (primary N) is 1. The van der Waals surface area contributed by atoms with Crippen LogP contribution in [0, 0.1) is 0 Å². The van der Waals surface area contributed by atoms with E-state index in [0.717, 1.165) is 6.07 Å². The average molecular weight is 352 g/mol. The van der Waals surface area contributed by atoms with Gasteiger partial charge in [-0.3, -0.25) is 0 Å². The van der Waals surface area contributed by atoms with Gasteiger partial charge in [-0.05, 0) is 31.5 Å². The maximum Gasteiger partial charge on any atom is 0.433 e. The fourth-order valence-corrected chi connectivity index (χ4v) is 2.28. The zero-order valence-corrected chi connectivity index (χ0v) is 12.6. The van der Waals surface area contributed by atoms with E-state index < -0.39 is 40.8 Å². The molecule has 0 saturated carbocycles. The Morgan fingerprint density at radius 3 is 2.08 bits per heavy atom. The summed E-state index contributed by atoms with van der Waals surface area (Å²) in [7, 11) is 0. The predicted octanol–water partition coefficient (Wildman–Crippen LogP) is 4.04. The summed E-state index contributed by atoms with van der Waals surface area (Å²) in [5.74, 6) is 0. The average Bonchev–Trinajstić information content (AvgIpc) is 2.41. The van der Waals surface area contributed by atoms with E-state index >= 15 is 0 Å². The van der Waals surface area contributed by atoms with Crippen LogP contribution in [0.5, 0.6) is 0 Å². The van der Waals surface area contributed by atoms with Crippen molar-refractivity contribution in [2.24, 2.45) is 5.73 Å². The number of halogens is 6. The second-order valence-corrected chi connectivity index (χ2v) is 6.02. The summed E-state index contributed by atoms with van der Waals surface area (Å²) in [6, 6.07) is 3.38. The Morgan fingerprint density at radius 2 is 1.62 bits per heavy atom. The maximum atomic E-state index is 13.1. The van der Waals surface area contributed by atoms with Gasteiger partial charge < -0.3 is 10.8 Å². The lowest BCUT2D eigenvalue weighted by atomic mass is 9.89.